The minimum Gasteiger partial charge on any atom is -0.451 e. The Morgan fingerprint density at radius 2 is 1.74 bits per heavy atom. The minimum absolute atomic E-state index is 0.00440. The third-order valence-electron chi connectivity index (χ3n) is 5.08. The number of rotatable bonds is 5. The van der Waals surface area contributed by atoms with Crippen molar-refractivity contribution in [1.29, 1.82) is 0 Å². The number of carbonyl (C=O) groups excluding carboxylic acids is 1. The highest BCUT2D eigenvalue weighted by atomic mass is 32.2. The zero-order valence-corrected chi connectivity index (χ0v) is 18.2. The first-order valence-corrected chi connectivity index (χ1v) is 11.5. The van der Waals surface area contributed by atoms with E-state index in [-0.39, 0.29) is 49.1 Å². The fraction of sp³-hybridized carbons (Fsp3) is 0.227. The summed E-state index contributed by atoms with van der Waals surface area (Å²) in [6, 6.07) is 10.1. The highest BCUT2D eigenvalue weighted by molar-refractivity contribution is 7.89. The van der Waals surface area contributed by atoms with Crippen molar-refractivity contribution in [3.05, 3.63) is 71.7 Å². The van der Waals surface area contributed by atoms with Gasteiger partial charge < -0.3 is 14.5 Å². The molecule has 0 unspecified atom stereocenters. The Bertz CT molecular complexity index is 1310. The van der Waals surface area contributed by atoms with E-state index in [1.54, 1.807) is 0 Å². The van der Waals surface area contributed by atoms with E-state index in [1.165, 1.54) is 30.3 Å². The first-order chi connectivity index (χ1) is 16.1. The number of hydrogen-bond acceptors (Lipinski definition) is 5. The average molecular weight is 498 g/mol. The molecule has 4 rings (SSSR count). The lowest BCUT2D eigenvalue weighted by atomic mass is 10.1. The van der Waals surface area contributed by atoms with Crippen molar-refractivity contribution in [2.45, 2.75) is 11.1 Å². The van der Waals surface area contributed by atoms with Crippen molar-refractivity contribution >= 4 is 21.6 Å². The molecule has 2 heterocycles. The van der Waals surface area contributed by atoms with E-state index in [2.05, 4.69) is 5.32 Å². The van der Waals surface area contributed by atoms with Crippen LogP contribution in [0.1, 0.15) is 16.1 Å². The molecule has 1 aromatic heterocycles. The first kappa shape index (κ1) is 23.9. The number of halogens is 4. The van der Waals surface area contributed by atoms with Crippen molar-refractivity contribution in [2.75, 3.05) is 31.6 Å². The van der Waals surface area contributed by atoms with Crippen LogP contribution in [0.5, 0.6) is 0 Å². The molecule has 3 aromatic rings. The molecule has 0 saturated carbocycles. The summed E-state index contributed by atoms with van der Waals surface area (Å²) in [4.78, 5) is 12.0. The quantitative estimate of drug-likeness (QED) is 0.528. The molecule has 1 fully saturated rings. The van der Waals surface area contributed by atoms with Gasteiger partial charge >= 0.3 is 6.18 Å². The molecule has 1 N–H and O–H groups in total. The number of hydrogen-bond donors (Lipinski definition) is 1. The number of furan rings is 1. The van der Waals surface area contributed by atoms with Gasteiger partial charge in [0, 0.05) is 24.3 Å². The summed E-state index contributed by atoms with van der Waals surface area (Å²) in [6.07, 6.45) is -4.54. The smallest absolute Gasteiger partial charge is 0.416 e. The molecule has 1 saturated heterocycles. The van der Waals surface area contributed by atoms with Crippen LogP contribution >= 0.6 is 0 Å². The maximum atomic E-state index is 14.3. The number of carbonyl (C=O) groups is 1. The van der Waals surface area contributed by atoms with Crippen molar-refractivity contribution in [3.63, 3.8) is 0 Å². The summed E-state index contributed by atoms with van der Waals surface area (Å²) in [6.45, 7) is 0.514. The van der Waals surface area contributed by atoms with Crippen LogP contribution in [0.4, 0.5) is 23.2 Å². The van der Waals surface area contributed by atoms with Crippen molar-refractivity contribution in [1.82, 2.24) is 4.31 Å². The lowest BCUT2D eigenvalue weighted by Crippen LogP contribution is -2.40. The Hall–Kier alpha value is -3.22. The molecule has 1 amide bonds. The van der Waals surface area contributed by atoms with Crippen LogP contribution in [0, 0.1) is 5.82 Å². The number of anilines is 1. The number of benzene rings is 2. The number of morpholine rings is 1. The predicted molar refractivity (Wildman–Crippen MR) is 113 cm³/mol. The van der Waals surface area contributed by atoms with Crippen LogP contribution in [-0.2, 0) is 20.9 Å². The molecule has 0 radical (unpaired) electrons. The molecule has 0 atom stereocenters. The molecule has 1 aliphatic heterocycles. The van der Waals surface area contributed by atoms with E-state index in [0.29, 0.717) is 0 Å². The highest BCUT2D eigenvalue weighted by Crippen LogP contribution is 2.33. The number of alkyl halides is 3. The van der Waals surface area contributed by atoms with Gasteiger partial charge in [0.15, 0.2) is 5.76 Å². The lowest BCUT2D eigenvalue weighted by molar-refractivity contribution is -0.137. The van der Waals surface area contributed by atoms with Gasteiger partial charge in [0.1, 0.15) is 16.5 Å². The summed E-state index contributed by atoms with van der Waals surface area (Å²) in [5.41, 5.74) is -0.752. The molecule has 7 nitrogen and oxygen atoms in total. The van der Waals surface area contributed by atoms with Crippen molar-refractivity contribution in [3.8, 4) is 11.3 Å². The van der Waals surface area contributed by atoms with E-state index < -0.39 is 38.4 Å². The highest BCUT2D eigenvalue weighted by Gasteiger charge is 2.31. The SMILES string of the molecule is O=C(Nc1ccc(F)c(S(=O)(=O)N2CCOCC2)c1)c1ccc(-c2cccc(C(F)(F)F)c2)o1. The van der Waals surface area contributed by atoms with E-state index >= 15 is 0 Å². The van der Waals surface area contributed by atoms with Gasteiger partial charge in [0.25, 0.3) is 5.91 Å². The van der Waals surface area contributed by atoms with Gasteiger partial charge in [0.05, 0.1) is 18.8 Å². The summed E-state index contributed by atoms with van der Waals surface area (Å²) < 4.78 is 90.4. The van der Waals surface area contributed by atoms with E-state index in [9.17, 15) is 30.8 Å². The van der Waals surface area contributed by atoms with Crippen LogP contribution in [0.15, 0.2) is 63.9 Å². The largest absolute Gasteiger partial charge is 0.451 e. The molecule has 12 heteroatoms. The van der Waals surface area contributed by atoms with Gasteiger partial charge in [-0.05, 0) is 42.5 Å². The van der Waals surface area contributed by atoms with Crippen LogP contribution < -0.4 is 5.32 Å². The molecule has 34 heavy (non-hydrogen) atoms. The number of ether oxygens (including phenoxy) is 1. The van der Waals surface area contributed by atoms with Gasteiger partial charge in [-0.2, -0.15) is 17.5 Å². The number of sulfonamides is 1. The van der Waals surface area contributed by atoms with E-state index in [1.807, 2.05) is 0 Å². The zero-order chi connectivity index (χ0) is 24.5. The maximum Gasteiger partial charge on any atom is 0.416 e. The molecular formula is C22H18F4N2O5S. The zero-order valence-electron chi connectivity index (χ0n) is 17.4. The summed E-state index contributed by atoms with van der Waals surface area (Å²) in [7, 11) is -4.15. The van der Waals surface area contributed by atoms with Crippen LogP contribution in [0.2, 0.25) is 0 Å². The Morgan fingerprint density at radius 1 is 1.00 bits per heavy atom. The number of nitrogens with zero attached hydrogens (tertiary/aromatic N) is 1. The second-order valence-electron chi connectivity index (χ2n) is 7.36. The van der Waals surface area contributed by atoms with Gasteiger partial charge in [-0.25, -0.2) is 12.8 Å². The van der Waals surface area contributed by atoms with Gasteiger partial charge in [-0.15, -0.1) is 0 Å². The Kier molecular flexibility index (Phi) is 6.47. The van der Waals surface area contributed by atoms with Crippen molar-refractivity contribution < 1.29 is 39.9 Å². The third-order valence-corrected chi connectivity index (χ3v) is 6.99. The first-order valence-electron chi connectivity index (χ1n) is 10.0. The molecule has 0 aliphatic carbocycles. The number of nitrogens with one attached hydrogen (secondary N) is 1. The predicted octanol–water partition coefficient (Wildman–Crippen LogP) is 4.38. The van der Waals surface area contributed by atoms with Gasteiger partial charge in [0.2, 0.25) is 10.0 Å². The third kappa shape index (κ3) is 4.98. The Balaban J connectivity index is 1.54. The summed E-state index contributed by atoms with van der Waals surface area (Å²) >= 11 is 0. The Morgan fingerprint density at radius 3 is 2.44 bits per heavy atom. The molecule has 180 valence electrons. The van der Waals surface area contributed by atoms with Crippen LogP contribution in [0.25, 0.3) is 11.3 Å². The second kappa shape index (κ2) is 9.20. The lowest BCUT2D eigenvalue weighted by Gasteiger charge is -2.26. The number of amides is 1. The van der Waals surface area contributed by atoms with Gasteiger partial charge in [-0.3, -0.25) is 4.79 Å². The fourth-order valence-corrected chi connectivity index (χ4v) is 4.86. The van der Waals surface area contributed by atoms with Crippen LogP contribution in [-0.4, -0.2) is 44.9 Å². The minimum atomic E-state index is -4.54. The molecule has 0 spiro atoms. The maximum absolute atomic E-state index is 14.3. The Labute approximate surface area is 192 Å². The molecular weight excluding hydrogens is 480 g/mol. The van der Waals surface area contributed by atoms with Crippen LogP contribution in [0.3, 0.4) is 0 Å². The molecule has 1 aliphatic rings. The summed E-state index contributed by atoms with van der Waals surface area (Å²) in [5, 5.41) is 2.41. The topological polar surface area (TPSA) is 88.9 Å². The summed E-state index contributed by atoms with van der Waals surface area (Å²) in [5.74, 6) is -1.96. The monoisotopic (exact) mass is 498 g/mol. The molecule has 0 bridgehead atoms. The second-order valence-corrected chi connectivity index (χ2v) is 9.26. The average Bonchev–Trinajstić information content (AvgIpc) is 3.31. The normalized spacial score (nSPS) is 15.3. The van der Waals surface area contributed by atoms with E-state index in [4.69, 9.17) is 9.15 Å². The van der Waals surface area contributed by atoms with Gasteiger partial charge in [-0.1, -0.05) is 12.1 Å². The fourth-order valence-electron chi connectivity index (χ4n) is 3.36. The molecule has 2 aromatic carbocycles. The van der Waals surface area contributed by atoms with E-state index in [0.717, 1.165) is 28.6 Å². The van der Waals surface area contributed by atoms with Crippen molar-refractivity contribution in [2.24, 2.45) is 0 Å². The standard InChI is InChI=1S/C22H18F4N2O5S/c23-17-5-4-16(13-20(17)34(30,31)28-8-10-32-11-9-28)27-21(29)19-7-6-18(33-19)14-2-1-3-15(12-14)22(24,25)26/h1-7,12-13H,8-11H2,(H,27,29).